The van der Waals surface area contributed by atoms with E-state index in [0.29, 0.717) is 6.04 Å². The van der Waals surface area contributed by atoms with Crippen LogP contribution in [0.1, 0.15) is 56.6 Å². The van der Waals surface area contributed by atoms with Gasteiger partial charge in [0.1, 0.15) is 0 Å². The van der Waals surface area contributed by atoms with Crippen molar-refractivity contribution < 1.29 is 0 Å². The summed E-state index contributed by atoms with van der Waals surface area (Å²) in [6, 6.07) is 7.37. The molecular weight excluding hydrogens is 286 g/mol. The largest absolute Gasteiger partial charge is 0.326 e. The Kier molecular flexibility index (Phi) is 4.02. The van der Waals surface area contributed by atoms with E-state index in [1.165, 1.54) is 37.7 Å². The lowest BCUT2D eigenvalue weighted by atomic mass is 9.92. The van der Waals surface area contributed by atoms with Gasteiger partial charge in [-0.3, -0.25) is 4.57 Å². The monoisotopic (exact) mass is 313 g/mol. The van der Waals surface area contributed by atoms with Gasteiger partial charge in [-0.15, -0.1) is 0 Å². The summed E-state index contributed by atoms with van der Waals surface area (Å²) in [7, 11) is 0. The summed E-state index contributed by atoms with van der Waals surface area (Å²) in [5, 5.41) is 0. The number of H-pyrrole nitrogens is 1. The number of benzene rings is 1. The Hall–Kier alpha value is -1.55. The Bertz CT molecular complexity index is 731. The number of aromatic amines is 1. The fourth-order valence-corrected chi connectivity index (χ4v) is 4.55. The van der Waals surface area contributed by atoms with E-state index in [0.717, 1.165) is 43.0 Å². The topological polar surface area (TPSA) is 41.0 Å². The van der Waals surface area contributed by atoms with Gasteiger partial charge in [0.15, 0.2) is 0 Å². The fraction of sp³-hybridized carbons (Fsp3) is 0.632. The quantitative estimate of drug-likeness (QED) is 0.920. The molecule has 4 nitrogen and oxygen atoms in total. The molecule has 0 spiro atoms. The maximum Gasteiger partial charge on any atom is 0.326 e. The lowest BCUT2D eigenvalue weighted by Gasteiger charge is -2.39. The maximum atomic E-state index is 12.4. The van der Waals surface area contributed by atoms with Crippen LogP contribution in [0.3, 0.4) is 0 Å². The minimum absolute atomic E-state index is 0.0571. The highest BCUT2D eigenvalue weighted by Gasteiger charge is 2.28. The number of nitrogens with zero attached hydrogens (tertiary/aromatic N) is 2. The molecule has 2 aliphatic rings. The zero-order valence-electron chi connectivity index (χ0n) is 14.1. The van der Waals surface area contributed by atoms with Crippen molar-refractivity contribution in [3.8, 4) is 0 Å². The molecule has 0 amide bonds. The number of fused-ring (bicyclic) bond motifs is 1. The fourth-order valence-electron chi connectivity index (χ4n) is 4.55. The van der Waals surface area contributed by atoms with Crippen molar-refractivity contribution in [3.05, 3.63) is 34.2 Å². The standard InChI is InChI=1S/C19H27N3O/c1-14-7-8-17-18(13-14)22(19(23)20-17)16-9-11-21(12-10-16)15-5-3-2-4-6-15/h7-8,13,15-16H,2-6,9-12H2,1H3,(H,20,23). The van der Waals surface area contributed by atoms with E-state index < -0.39 is 0 Å². The molecule has 124 valence electrons. The molecule has 2 heterocycles. The molecule has 4 rings (SSSR count). The summed E-state index contributed by atoms with van der Waals surface area (Å²) < 4.78 is 2.01. The molecule has 4 heteroatoms. The normalized spacial score (nSPS) is 22.0. The number of hydrogen-bond donors (Lipinski definition) is 1. The average molecular weight is 313 g/mol. The van der Waals surface area contributed by atoms with E-state index in [9.17, 15) is 4.79 Å². The predicted octanol–water partition coefficient (Wildman–Crippen LogP) is 3.61. The molecule has 1 aliphatic heterocycles. The van der Waals surface area contributed by atoms with Crippen molar-refractivity contribution in [3.63, 3.8) is 0 Å². The van der Waals surface area contributed by atoms with E-state index in [1.54, 1.807) is 0 Å². The van der Waals surface area contributed by atoms with Crippen molar-refractivity contribution in [2.75, 3.05) is 13.1 Å². The molecule has 0 atom stereocenters. The molecule has 1 aromatic heterocycles. The molecule has 23 heavy (non-hydrogen) atoms. The highest BCUT2D eigenvalue weighted by atomic mass is 16.1. The average Bonchev–Trinajstić information content (AvgIpc) is 2.91. The number of nitrogens with one attached hydrogen (secondary N) is 1. The molecule has 2 aromatic rings. The number of imidazole rings is 1. The van der Waals surface area contributed by atoms with Crippen molar-refractivity contribution in [1.29, 1.82) is 0 Å². The van der Waals surface area contributed by atoms with E-state index >= 15 is 0 Å². The van der Waals surface area contributed by atoms with Crippen LogP contribution in [0.5, 0.6) is 0 Å². The Morgan fingerprint density at radius 3 is 2.48 bits per heavy atom. The summed E-state index contributed by atoms with van der Waals surface area (Å²) >= 11 is 0. The van der Waals surface area contributed by atoms with Crippen LogP contribution < -0.4 is 5.69 Å². The van der Waals surface area contributed by atoms with Crippen LogP contribution in [0.25, 0.3) is 11.0 Å². The molecule has 0 bridgehead atoms. The number of piperidine rings is 1. The zero-order chi connectivity index (χ0) is 15.8. The second-order valence-electron chi connectivity index (χ2n) is 7.38. The Balaban J connectivity index is 1.53. The van der Waals surface area contributed by atoms with Gasteiger partial charge in [0.05, 0.1) is 11.0 Å². The Labute approximate surface area is 137 Å². The summed E-state index contributed by atoms with van der Waals surface area (Å²) in [6.45, 7) is 4.37. The van der Waals surface area contributed by atoms with Gasteiger partial charge in [0.25, 0.3) is 0 Å². The molecule has 1 aromatic carbocycles. The number of hydrogen-bond acceptors (Lipinski definition) is 2. The third-order valence-electron chi connectivity index (χ3n) is 5.83. The summed E-state index contributed by atoms with van der Waals surface area (Å²) in [6.07, 6.45) is 9.14. The van der Waals surface area contributed by atoms with E-state index in [2.05, 4.69) is 28.9 Å². The third kappa shape index (κ3) is 2.85. The molecule has 0 unspecified atom stereocenters. The zero-order valence-corrected chi connectivity index (χ0v) is 14.1. The van der Waals surface area contributed by atoms with Gasteiger partial charge >= 0.3 is 5.69 Å². The maximum absolute atomic E-state index is 12.4. The van der Waals surface area contributed by atoms with E-state index in [-0.39, 0.29) is 5.69 Å². The lowest BCUT2D eigenvalue weighted by Crippen LogP contribution is -2.43. The van der Waals surface area contributed by atoms with Crippen LogP contribution in [-0.2, 0) is 0 Å². The van der Waals surface area contributed by atoms with E-state index in [4.69, 9.17) is 0 Å². The summed E-state index contributed by atoms with van der Waals surface area (Å²) in [5.74, 6) is 0. The number of aryl methyl sites for hydroxylation is 1. The highest BCUT2D eigenvalue weighted by Crippen LogP contribution is 2.30. The summed E-state index contributed by atoms with van der Waals surface area (Å²) in [4.78, 5) is 18.1. The number of rotatable bonds is 2. The van der Waals surface area contributed by atoms with Gasteiger partial charge in [-0.2, -0.15) is 0 Å². The minimum atomic E-state index is 0.0571. The van der Waals surface area contributed by atoms with Crippen LogP contribution in [0.15, 0.2) is 23.0 Å². The van der Waals surface area contributed by atoms with Crippen LogP contribution in [0.4, 0.5) is 0 Å². The third-order valence-corrected chi connectivity index (χ3v) is 5.83. The first-order valence-corrected chi connectivity index (χ1v) is 9.17. The molecule has 1 saturated heterocycles. The number of aromatic nitrogens is 2. The molecular formula is C19H27N3O. The highest BCUT2D eigenvalue weighted by molar-refractivity contribution is 5.76. The second kappa shape index (κ2) is 6.16. The SMILES string of the molecule is Cc1ccc2[nH]c(=O)n(C3CCN(C4CCCCC4)CC3)c2c1. The Morgan fingerprint density at radius 2 is 1.74 bits per heavy atom. The van der Waals surface area contributed by atoms with Gasteiger partial charge < -0.3 is 9.88 Å². The lowest BCUT2D eigenvalue weighted by molar-refractivity contribution is 0.109. The molecule has 1 N–H and O–H groups in total. The first-order valence-electron chi connectivity index (χ1n) is 9.17. The van der Waals surface area contributed by atoms with Crippen LogP contribution >= 0.6 is 0 Å². The molecule has 0 radical (unpaired) electrons. The van der Waals surface area contributed by atoms with Crippen molar-refractivity contribution in [1.82, 2.24) is 14.5 Å². The van der Waals surface area contributed by atoms with Crippen molar-refractivity contribution >= 4 is 11.0 Å². The predicted molar refractivity (Wildman–Crippen MR) is 94.0 cm³/mol. The van der Waals surface area contributed by atoms with Crippen molar-refractivity contribution in [2.24, 2.45) is 0 Å². The van der Waals surface area contributed by atoms with Crippen LogP contribution in [0, 0.1) is 6.92 Å². The van der Waals surface area contributed by atoms with Gasteiger partial charge in [0, 0.05) is 25.2 Å². The van der Waals surface area contributed by atoms with Gasteiger partial charge in [-0.05, 0) is 50.3 Å². The Morgan fingerprint density at radius 1 is 1.00 bits per heavy atom. The molecule has 1 saturated carbocycles. The van der Waals surface area contributed by atoms with E-state index in [1.807, 2.05) is 10.6 Å². The van der Waals surface area contributed by atoms with Crippen LogP contribution in [-0.4, -0.2) is 33.6 Å². The van der Waals surface area contributed by atoms with Gasteiger partial charge in [-0.25, -0.2) is 4.79 Å². The first kappa shape index (κ1) is 15.0. The smallest absolute Gasteiger partial charge is 0.306 e. The van der Waals surface area contributed by atoms with Gasteiger partial charge in [0.2, 0.25) is 0 Å². The summed E-state index contributed by atoms with van der Waals surface area (Å²) in [5.41, 5.74) is 3.31. The molecule has 1 aliphatic carbocycles. The van der Waals surface area contributed by atoms with Gasteiger partial charge in [-0.1, -0.05) is 25.3 Å². The van der Waals surface area contributed by atoms with Crippen LogP contribution in [0.2, 0.25) is 0 Å². The van der Waals surface area contributed by atoms with Crippen molar-refractivity contribution in [2.45, 2.75) is 64.0 Å². The second-order valence-corrected chi connectivity index (χ2v) is 7.38. The molecule has 2 fully saturated rings. The number of likely N-dealkylation sites (tertiary alicyclic amines) is 1. The first-order chi connectivity index (χ1) is 11.2. The minimum Gasteiger partial charge on any atom is -0.306 e.